The zero-order valence-electron chi connectivity index (χ0n) is 9.89. The van der Waals surface area contributed by atoms with Gasteiger partial charge in [0.2, 0.25) is 0 Å². The molecule has 0 bridgehead atoms. The minimum absolute atomic E-state index is 0.264. The highest BCUT2D eigenvalue weighted by Crippen LogP contribution is 2.31. The van der Waals surface area contributed by atoms with E-state index >= 15 is 0 Å². The van der Waals surface area contributed by atoms with Gasteiger partial charge in [0.05, 0.1) is 0 Å². The van der Waals surface area contributed by atoms with Gasteiger partial charge in [-0.3, -0.25) is 0 Å². The van der Waals surface area contributed by atoms with Crippen molar-refractivity contribution in [3.8, 4) is 0 Å². The summed E-state index contributed by atoms with van der Waals surface area (Å²) in [7, 11) is 0. The molecule has 0 unspecified atom stereocenters. The van der Waals surface area contributed by atoms with Crippen molar-refractivity contribution < 1.29 is 0 Å². The first-order valence-corrected chi connectivity index (χ1v) is 5.16. The number of allylic oxidation sites excluding steroid dienone is 2. The van der Waals surface area contributed by atoms with Crippen molar-refractivity contribution in [3.63, 3.8) is 0 Å². The molecular formula is C14H20. The van der Waals surface area contributed by atoms with Crippen LogP contribution in [0.5, 0.6) is 0 Å². The Morgan fingerprint density at radius 3 is 1.86 bits per heavy atom. The van der Waals surface area contributed by atoms with Crippen LogP contribution in [0.3, 0.4) is 0 Å². The lowest BCUT2D eigenvalue weighted by Crippen LogP contribution is -2.08. The van der Waals surface area contributed by atoms with Gasteiger partial charge in [0.25, 0.3) is 0 Å². The predicted octanol–water partition coefficient (Wildman–Crippen LogP) is 4.53. The molecule has 0 fully saturated rings. The minimum atomic E-state index is 0.264. The van der Waals surface area contributed by atoms with Gasteiger partial charge in [0.1, 0.15) is 0 Å². The molecule has 76 valence electrons. The molecule has 0 nitrogen and oxygen atoms in total. The molecule has 0 radical (unpaired) electrons. The van der Waals surface area contributed by atoms with Crippen LogP contribution in [-0.2, 0) is 0 Å². The van der Waals surface area contributed by atoms with E-state index in [-0.39, 0.29) is 5.41 Å². The van der Waals surface area contributed by atoms with Gasteiger partial charge in [-0.1, -0.05) is 56.7 Å². The predicted molar refractivity (Wildman–Crippen MR) is 64.2 cm³/mol. The van der Waals surface area contributed by atoms with Gasteiger partial charge in [0, 0.05) is 0 Å². The summed E-state index contributed by atoms with van der Waals surface area (Å²) >= 11 is 0. The van der Waals surface area contributed by atoms with Crippen LogP contribution in [0.4, 0.5) is 0 Å². The first-order valence-electron chi connectivity index (χ1n) is 5.16. The molecule has 0 saturated heterocycles. The molecule has 0 aliphatic heterocycles. The Kier molecular flexibility index (Phi) is 3.15. The SMILES string of the molecule is C/C(=C(\C)C(C)(C)C)c1ccccc1. The molecule has 0 aromatic heterocycles. The van der Waals surface area contributed by atoms with Crippen molar-refractivity contribution in [3.05, 3.63) is 41.5 Å². The van der Waals surface area contributed by atoms with Crippen molar-refractivity contribution in [1.29, 1.82) is 0 Å². The fourth-order valence-electron chi connectivity index (χ4n) is 1.47. The van der Waals surface area contributed by atoms with Crippen LogP contribution >= 0.6 is 0 Å². The van der Waals surface area contributed by atoms with E-state index in [1.807, 2.05) is 0 Å². The molecule has 1 aromatic carbocycles. The van der Waals surface area contributed by atoms with Crippen LogP contribution in [0.2, 0.25) is 0 Å². The number of hydrogen-bond acceptors (Lipinski definition) is 0. The lowest BCUT2D eigenvalue weighted by atomic mass is 9.83. The summed E-state index contributed by atoms with van der Waals surface area (Å²) in [5, 5.41) is 0. The van der Waals surface area contributed by atoms with Gasteiger partial charge in [-0.05, 0) is 30.4 Å². The van der Waals surface area contributed by atoms with E-state index in [9.17, 15) is 0 Å². The third-order valence-corrected chi connectivity index (χ3v) is 2.89. The Balaban J connectivity index is 3.12. The summed E-state index contributed by atoms with van der Waals surface area (Å²) in [5.41, 5.74) is 4.46. The summed E-state index contributed by atoms with van der Waals surface area (Å²) in [6.45, 7) is 11.2. The van der Waals surface area contributed by atoms with Crippen LogP contribution < -0.4 is 0 Å². The van der Waals surface area contributed by atoms with E-state index in [4.69, 9.17) is 0 Å². The number of hydrogen-bond donors (Lipinski definition) is 0. The third-order valence-electron chi connectivity index (χ3n) is 2.89. The van der Waals surface area contributed by atoms with Crippen molar-refractivity contribution in [1.82, 2.24) is 0 Å². The second kappa shape index (κ2) is 4.00. The van der Waals surface area contributed by atoms with E-state index in [1.54, 1.807) is 0 Å². The van der Waals surface area contributed by atoms with Gasteiger partial charge in [-0.2, -0.15) is 0 Å². The van der Waals surface area contributed by atoms with Gasteiger partial charge >= 0.3 is 0 Å². The molecule has 0 aliphatic carbocycles. The highest BCUT2D eigenvalue weighted by atomic mass is 14.2. The fraction of sp³-hybridized carbons (Fsp3) is 0.429. The lowest BCUT2D eigenvalue weighted by Gasteiger charge is -2.22. The highest BCUT2D eigenvalue weighted by Gasteiger charge is 2.15. The topological polar surface area (TPSA) is 0 Å². The first-order chi connectivity index (χ1) is 6.43. The van der Waals surface area contributed by atoms with Crippen molar-refractivity contribution in [2.75, 3.05) is 0 Å². The Morgan fingerprint density at radius 2 is 1.43 bits per heavy atom. The second-order valence-electron chi connectivity index (χ2n) is 4.87. The van der Waals surface area contributed by atoms with E-state index in [0.717, 1.165) is 0 Å². The second-order valence-corrected chi connectivity index (χ2v) is 4.87. The number of benzene rings is 1. The molecule has 0 atom stereocenters. The van der Waals surface area contributed by atoms with E-state index in [0.29, 0.717) is 0 Å². The van der Waals surface area contributed by atoms with E-state index in [2.05, 4.69) is 65.0 Å². The maximum Gasteiger partial charge on any atom is -0.0170 e. The lowest BCUT2D eigenvalue weighted by molar-refractivity contribution is 0.505. The molecule has 0 N–H and O–H groups in total. The minimum Gasteiger partial charge on any atom is -0.0644 e. The quantitative estimate of drug-likeness (QED) is 0.607. The van der Waals surface area contributed by atoms with E-state index < -0.39 is 0 Å². The molecular weight excluding hydrogens is 168 g/mol. The van der Waals surface area contributed by atoms with Crippen LogP contribution in [0.1, 0.15) is 40.2 Å². The highest BCUT2D eigenvalue weighted by molar-refractivity contribution is 5.67. The molecule has 0 spiro atoms. The normalized spacial score (nSPS) is 13.8. The fourth-order valence-corrected chi connectivity index (χ4v) is 1.47. The summed E-state index contributed by atoms with van der Waals surface area (Å²) in [6.07, 6.45) is 0. The largest absolute Gasteiger partial charge is 0.0644 e. The van der Waals surface area contributed by atoms with Gasteiger partial charge in [-0.25, -0.2) is 0 Å². The Labute approximate surface area is 87.7 Å². The molecule has 0 heterocycles. The smallest absolute Gasteiger partial charge is 0.0170 e. The van der Waals surface area contributed by atoms with E-state index in [1.165, 1.54) is 16.7 Å². The number of rotatable bonds is 1. The van der Waals surface area contributed by atoms with Crippen LogP contribution in [0.15, 0.2) is 35.9 Å². The molecule has 0 aliphatic rings. The van der Waals surface area contributed by atoms with Crippen molar-refractivity contribution >= 4 is 5.57 Å². The summed E-state index contributed by atoms with van der Waals surface area (Å²) in [4.78, 5) is 0. The van der Waals surface area contributed by atoms with Gasteiger partial charge in [-0.15, -0.1) is 0 Å². The zero-order valence-corrected chi connectivity index (χ0v) is 9.89. The molecule has 14 heavy (non-hydrogen) atoms. The van der Waals surface area contributed by atoms with Crippen LogP contribution in [0, 0.1) is 5.41 Å². The Hall–Kier alpha value is -1.04. The maximum absolute atomic E-state index is 2.26. The van der Waals surface area contributed by atoms with Gasteiger partial charge in [0.15, 0.2) is 0 Å². The summed E-state index contributed by atoms with van der Waals surface area (Å²) < 4.78 is 0. The maximum atomic E-state index is 2.26. The van der Waals surface area contributed by atoms with Crippen LogP contribution in [-0.4, -0.2) is 0 Å². The molecule has 1 aromatic rings. The molecule has 0 saturated carbocycles. The summed E-state index contributed by atoms with van der Waals surface area (Å²) in [6, 6.07) is 10.6. The molecule has 0 amide bonds. The third kappa shape index (κ3) is 2.47. The van der Waals surface area contributed by atoms with Gasteiger partial charge < -0.3 is 0 Å². The van der Waals surface area contributed by atoms with Crippen LogP contribution in [0.25, 0.3) is 5.57 Å². The Morgan fingerprint density at radius 1 is 0.929 bits per heavy atom. The average Bonchev–Trinajstić information content (AvgIpc) is 2.15. The molecule has 1 rings (SSSR count). The first kappa shape index (κ1) is 11.0. The Bertz CT molecular complexity index is 323. The monoisotopic (exact) mass is 188 g/mol. The molecule has 0 heteroatoms. The van der Waals surface area contributed by atoms with Crippen molar-refractivity contribution in [2.45, 2.75) is 34.6 Å². The standard InChI is InChI=1S/C14H20/c1-11(12(2)14(3,4)5)13-9-7-6-8-10-13/h6-10H,1-5H3/b12-11-. The zero-order chi connectivity index (χ0) is 10.8. The average molecular weight is 188 g/mol. The summed E-state index contributed by atoms with van der Waals surface area (Å²) in [5.74, 6) is 0. The van der Waals surface area contributed by atoms with Crippen molar-refractivity contribution in [2.24, 2.45) is 5.41 Å².